The lowest BCUT2D eigenvalue weighted by Gasteiger charge is -2.27. The molecule has 1 aromatic carbocycles. The first kappa shape index (κ1) is 13.7. The van der Waals surface area contributed by atoms with Crippen LogP contribution in [0.5, 0.6) is 11.5 Å². The zero-order valence-electron chi connectivity index (χ0n) is 13.4. The van der Waals surface area contributed by atoms with E-state index in [9.17, 15) is 0 Å². The van der Waals surface area contributed by atoms with Crippen molar-refractivity contribution in [3.63, 3.8) is 0 Å². The van der Waals surface area contributed by atoms with Gasteiger partial charge in [-0.1, -0.05) is 6.08 Å². The van der Waals surface area contributed by atoms with Gasteiger partial charge in [0.1, 0.15) is 0 Å². The van der Waals surface area contributed by atoms with Gasteiger partial charge >= 0.3 is 0 Å². The van der Waals surface area contributed by atoms with Gasteiger partial charge in [-0.25, -0.2) is 0 Å². The molecule has 0 radical (unpaired) electrons. The van der Waals surface area contributed by atoms with Crippen LogP contribution in [0.2, 0.25) is 0 Å². The highest BCUT2D eigenvalue weighted by Gasteiger charge is 2.31. The number of hydrogen-bond donors (Lipinski definition) is 0. The van der Waals surface area contributed by atoms with Gasteiger partial charge in [-0.05, 0) is 84.9 Å². The van der Waals surface area contributed by atoms with Crippen LogP contribution in [0.25, 0.3) is 5.57 Å². The summed E-state index contributed by atoms with van der Waals surface area (Å²) < 4.78 is 17.4. The summed E-state index contributed by atoms with van der Waals surface area (Å²) in [6.45, 7) is 1.25. The molecule has 23 heavy (non-hydrogen) atoms. The van der Waals surface area contributed by atoms with E-state index in [2.05, 4.69) is 18.2 Å². The molecule has 0 bridgehead atoms. The summed E-state index contributed by atoms with van der Waals surface area (Å²) in [5.41, 5.74) is 7.28. The maximum absolute atomic E-state index is 6.14. The fourth-order valence-electron chi connectivity index (χ4n) is 4.45. The summed E-state index contributed by atoms with van der Waals surface area (Å²) >= 11 is 0. The molecule has 3 heteroatoms. The van der Waals surface area contributed by atoms with Crippen LogP contribution in [0.3, 0.4) is 0 Å². The van der Waals surface area contributed by atoms with Gasteiger partial charge in [0.2, 0.25) is 6.79 Å². The predicted octanol–water partition coefficient (Wildman–Crippen LogP) is 4.40. The van der Waals surface area contributed by atoms with Gasteiger partial charge in [-0.2, -0.15) is 0 Å². The van der Waals surface area contributed by atoms with Crippen LogP contribution in [0.1, 0.15) is 49.7 Å². The average molecular weight is 310 g/mol. The Bertz CT molecular complexity index is 714. The third kappa shape index (κ3) is 2.21. The quantitative estimate of drug-likeness (QED) is 0.769. The van der Waals surface area contributed by atoms with Crippen LogP contribution in [0.4, 0.5) is 0 Å². The second-order valence-corrected chi connectivity index (χ2v) is 6.89. The molecule has 1 saturated heterocycles. The molecule has 1 atom stereocenters. The molecule has 0 amide bonds. The van der Waals surface area contributed by atoms with E-state index in [0.29, 0.717) is 12.9 Å². The van der Waals surface area contributed by atoms with Crippen LogP contribution in [0.15, 0.2) is 29.4 Å². The molecule has 0 aromatic heterocycles. The van der Waals surface area contributed by atoms with Crippen molar-refractivity contribution in [2.75, 3.05) is 13.4 Å². The third-order valence-corrected chi connectivity index (χ3v) is 5.52. The van der Waals surface area contributed by atoms with Gasteiger partial charge in [0, 0.05) is 6.61 Å². The van der Waals surface area contributed by atoms with Crippen molar-refractivity contribution in [2.24, 2.45) is 0 Å². The minimum atomic E-state index is 0.296. The zero-order valence-corrected chi connectivity index (χ0v) is 13.4. The Morgan fingerprint density at radius 2 is 1.87 bits per heavy atom. The van der Waals surface area contributed by atoms with Crippen molar-refractivity contribution in [1.82, 2.24) is 0 Å². The number of fused-ring (bicyclic) bond motifs is 3. The van der Waals surface area contributed by atoms with Crippen LogP contribution in [0, 0.1) is 0 Å². The molecule has 0 N–H and O–H groups in total. The molecule has 2 aliphatic carbocycles. The van der Waals surface area contributed by atoms with Crippen molar-refractivity contribution in [2.45, 2.75) is 51.0 Å². The Hall–Kier alpha value is -1.74. The van der Waals surface area contributed by atoms with Gasteiger partial charge in [0.05, 0.1) is 6.10 Å². The van der Waals surface area contributed by atoms with E-state index < -0.39 is 0 Å². The summed E-state index contributed by atoms with van der Waals surface area (Å²) in [6.07, 6.45) is 10.9. The monoisotopic (exact) mass is 310 g/mol. The number of allylic oxidation sites excluding steroid dienone is 3. The maximum atomic E-state index is 6.14. The topological polar surface area (TPSA) is 27.7 Å². The average Bonchev–Trinajstić information content (AvgIpc) is 3.23. The second-order valence-electron chi connectivity index (χ2n) is 6.89. The van der Waals surface area contributed by atoms with E-state index in [1.807, 2.05) is 0 Å². The molecule has 5 rings (SSSR count). The normalized spacial score (nSPS) is 25.7. The van der Waals surface area contributed by atoms with Crippen molar-refractivity contribution in [1.29, 1.82) is 0 Å². The largest absolute Gasteiger partial charge is 0.454 e. The van der Waals surface area contributed by atoms with Crippen LogP contribution >= 0.6 is 0 Å². The lowest BCUT2D eigenvalue weighted by atomic mass is 9.87. The van der Waals surface area contributed by atoms with Crippen molar-refractivity contribution in [3.05, 3.63) is 40.5 Å². The summed E-state index contributed by atoms with van der Waals surface area (Å²) in [5, 5.41) is 0. The van der Waals surface area contributed by atoms with Crippen molar-refractivity contribution < 1.29 is 14.2 Å². The van der Waals surface area contributed by atoms with Gasteiger partial charge in [-0.3, -0.25) is 0 Å². The van der Waals surface area contributed by atoms with Crippen molar-refractivity contribution in [3.8, 4) is 11.5 Å². The number of rotatable bonds is 1. The van der Waals surface area contributed by atoms with Gasteiger partial charge < -0.3 is 14.2 Å². The molecule has 2 heterocycles. The van der Waals surface area contributed by atoms with Crippen molar-refractivity contribution >= 4 is 5.57 Å². The lowest BCUT2D eigenvalue weighted by Crippen LogP contribution is -2.22. The maximum Gasteiger partial charge on any atom is 0.231 e. The summed E-state index contributed by atoms with van der Waals surface area (Å²) in [4.78, 5) is 0. The first-order chi connectivity index (χ1) is 11.4. The molecule has 1 aromatic rings. The number of ether oxygens (including phenoxy) is 3. The number of benzene rings is 1. The van der Waals surface area contributed by atoms with Crippen LogP contribution < -0.4 is 9.47 Å². The third-order valence-electron chi connectivity index (χ3n) is 5.52. The Morgan fingerprint density at radius 1 is 0.957 bits per heavy atom. The zero-order chi connectivity index (χ0) is 15.2. The summed E-state index contributed by atoms with van der Waals surface area (Å²) in [7, 11) is 0. The van der Waals surface area contributed by atoms with Gasteiger partial charge in [0.15, 0.2) is 11.5 Å². The highest BCUT2D eigenvalue weighted by molar-refractivity contribution is 5.85. The van der Waals surface area contributed by atoms with E-state index in [4.69, 9.17) is 14.2 Å². The highest BCUT2D eigenvalue weighted by Crippen LogP contribution is 2.46. The molecule has 120 valence electrons. The Kier molecular flexibility index (Phi) is 3.22. The van der Waals surface area contributed by atoms with E-state index in [1.165, 1.54) is 53.5 Å². The molecular weight excluding hydrogens is 288 g/mol. The standard InChI is InChI=1S/C20H22O3/c1-2-5-13(4-1)20-15-6-3-9-21-17(15)8-7-14-10-18-19(11-16(14)20)23-12-22-18/h4,10-11,17H,1-3,5-9,12H2. The number of hydrogen-bond acceptors (Lipinski definition) is 3. The summed E-state index contributed by atoms with van der Waals surface area (Å²) in [6, 6.07) is 4.42. The smallest absolute Gasteiger partial charge is 0.231 e. The predicted molar refractivity (Wildman–Crippen MR) is 88.7 cm³/mol. The van der Waals surface area contributed by atoms with E-state index >= 15 is 0 Å². The molecular formula is C20H22O3. The lowest BCUT2D eigenvalue weighted by molar-refractivity contribution is 0.0489. The van der Waals surface area contributed by atoms with E-state index in [0.717, 1.165) is 37.4 Å². The molecule has 1 fully saturated rings. The summed E-state index contributed by atoms with van der Waals surface area (Å²) in [5.74, 6) is 1.80. The molecule has 0 spiro atoms. The van der Waals surface area contributed by atoms with E-state index in [1.54, 1.807) is 0 Å². The molecule has 0 saturated carbocycles. The molecule has 1 unspecified atom stereocenters. The Morgan fingerprint density at radius 3 is 2.74 bits per heavy atom. The molecule has 4 aliphatic rings. The molecule has 3 nitrogen and oxygen atoms in total. The second kappa shape index (κ2) is 5.41. The van der Waals surface area contributed by atoms with E-state index in [-0.39, 0.29) is 0 Å². The van der Waals surface area contributed by atoms with Crippen LogP contribution in [-0.2, 0) is 11.2 Å². The Labute approximate surface area is 136 Å². The molecule has 2 aliphatic heterocycles. The number of aryl methyl sites for hydroxylation is 1. The minimum absolute atomic E-state index is 0.296. The van der Waals surface area contributed by atoms with Crippen LogP contribution in [-0.4, -0.2) is 19.5 Å². The first-order valence-electron chi connectivity index (χ1n) is 8.87. The SMILES string of the molecule is C1=C(C2=C3CCCOC3CCc3cc4c(cc32)OCO4)CCC1. The minimum Gasteiger partial charge on any atom is -0.454 e. The Balaban J connectivity index is 1.72. The highest BCUT2D eigenvalue weighted by atomic mass is 16.7. The fourth-order valence-corrected chi connectivity index (χ4v) is 4.45. The fraction of sp³-hybridized carbons (Fsp3) is 0.500. The first-order valence-corrected chi connectivity index (χ1v) is 8.87. The van der Waals surface area contributed by atoms with Gasteiger partial charge in [0.25, 0.3) is 0 Å². The van der Waals surface area contributed by atoms with Gasteiger partial charge in [-0.15, -0.1) is 0 Å².